The molecule has 3 aromatic carbocycles. The number of aryl methyl sites for hydroxylation is 1. The Bertz CT molecular complexity index is 1540. The second-order valence-corrected chi connectivity index (χ2v) is 10.8. The van der Waals surface area contributed by atoms with E-state index >= 15 is 0 Å². The van der Waals surface area contributed by atoms with Crippen LogP contribution in [0.4, 0.5) is 17.1 Å². The number of thiazole rings is 1. The van der Waals surface area contributed by atoms with Crippen molar-refractivity contribution in [2.75, 3.05) is 36.0 Å². The number of amides is 2. The minimum absolute atomic E-state index is 0.0661. The second-order valence-electron chi connectivity index (χ2n) is 9.78. The lowest BCUT2D eigenvalue weighted by Gasteiger charge is -2.35. The van der Waals surface area contributed by atoms with Gasteiger partial charge >= 0.3 is 0 Å². The van der Waals surface area contributed by atoms with Gasteiger partial charge in [-0.2, -0.15) is 0 Å². The van der Waals surface area contributed by atoms with Gasteiger partial charge in [-0.1, -0.05) is 6.07 Å². The summed E-state index contributed by atoms with van der Waals surface area (Å²) in [5, 5.41) is 11.8. The smallest absolute Gasteiger partial charge is 0.292 e. The molecule has 1 atom stereocenters. The number of anilines is 2. The number of hydrogen-bond acceptors (Lipinski definition) is 7. The third kappa shape index (κ3) is 4.42. The minimum Gasteiger partial charge on any atom is -0.360 e. The highest BCUT2D eigenvalue weighted by Gasteiger charge is 2.46. The van der Waals surface area contributed by atoms with Crippen LogP contribution in [-0.2, 0) is 9.59 Å². The Kier molecular flexibility index (Phi) is 6.13. The van der Waals surface area contributed by atoms with E-state index in [-0.39, 0.29) is 23.9 Å². The number of aromatic nitrogens is 1. The maximum Gasteiger partial charge on any atom is 0.292 e. The second kappa shape index (κ2) is 9.62. The molecule has 0 bridgehead atoms. The summed E-state index contributed by atoms with van der Waals surface area (Å²) in [5.74, 6) is -0.328. The van der Waals surface area contributed by atoms with Gasteiger partial charge in [-0.05, 0) is 61.0 Å². The van der Waals surface area contributed by atoms with Crippen molar-refractivity contribution in [2.45, 2.75) is 19.4 Å². The van der Waals surface area contributed by atoms with Gasteiger partial charge in [0, 0.05) is 23.4 Å². The van der Waals surface area contributed by atoms with E-state index in [1.807, 2.05) is 36.4 Å². The highest BCUT2D eigenvalue weighted by atomic mass is 32.1. The molecule has 192 valence electrons. The van der Waals surface area contributed by atoms with Crippen LogP contribution in [0.1, 0.15) is 12.0 Å². The van der Waals surface area contributed by atoms with Gasteiger partial charge in [0.1, 0.15) is 5.01 Å². The van der Waals surface area contributed by atoms with Crippen LogP contribution in [0.3, 0.4) is 0 Å². The summed E-state index contributed by atoms with van der Waals surface area (Å²) in [6.07, 6.45) is 0.199. The fourth-order valence-corrected chi connectivity index (χ4v) is 6.39. The number of rotatable bonds is 5. The molecule has 2 aliphatic heterocycles. The Morgan fingerprint density at radius 2 is 1.66 bits per heavy atom. The maximum absolute atomic E-state index is 13.4. The third-order valence-electron chi connectivity index (χ3n) is 7.39. The molecule has 2 aliphatic rings. The Hall–Kier alpha value is -4.15. The van der Waals surface area contributed by atoms with Gasteiger partial charge in [-0.25, -0.2) is 9.88 Å². The fraction of sp³-hybridized carbons (Fsp3) is 0.250. The standard InChI is InChI=1S/C28H25N5O4S/c1-18-2-11-23-25(16-18)38-27(29-23)19-3-5-21(6-4-19)32-26(34)17-24(28(32)35)31-14-12-30(13-15-31)20-7-9-22(10-8-20)33(36)37/h2-11,16,24H,12-15,17H2,1H3/p+1/t24-/m0/s1. The summed E-state index contributed by atoms with van der Waals surface area (Å²) in [5.41, 5.74) is 4.69. The predicted molar refractivity (Wildman–Crippen MR) is 147 cm³/mol. The SMILES string of the molecule is Cc1ccc2nc(-c3ccc(N4C(=O)C[C@H]([NH+]5CCN(c6ccc([N+](=O)[O-])cc6)CC5)C4=O)cc3)sc2c1. The molecule has 0 unspecified atom stereocenters. The molecular formula is C28H26N5O4S+. The van der Waals surface area contributed by atoms with E-state index in [4.69, 9.17) is 4.98 Å². The van der Waals surface area contributed by atoms with Crippen molar-refractivity contribution in [3.63, 3.8) is 0 Å². The van der Waals surface area contributed by atoms with Crippen molar-refractivity contribution in [1.29, 1.82) is 0 Å². The van der Waals surface area contributed by atoms with Crippen LogP contribution in [-0.4, -0.2) is 53.9 Å². The number of nitrogens with one attached hydrogen (secondary N) is 1. The molecule has 9 nitrogen and oxygen atoms in total. The summed E-state index contributed by atoms with van der Waals surface area (Å²) >= 11 is 1.63. The molecule has 6 rings (SSSR count). The van der Waals surface area contributed by atoms with Crippen LogP contribution in [0.5, 0.6) is 0 Å². The molecule has 1 N–H and O–H groups in total. The highest BCUT2D eigenvalue weighted by Crippen LogP contribution is 2.32. The Morgan fingerprint density at radius 1 is 0.974 bits per heavy atom. The largest absolute Gasteiger partial charge is 0.360 e. The number of carbonyl (C=O) groups is 2. The molecule has 0 saturated carbocycles. The normalized spacial score (nSPS) is 18.5. The maximum atomic E-state index is 13.4. The van der Waals surface area contributed by atoms with E-state index in [9.17, 15) is 19.7 Å². The van der Waals surface area contributed by atoms with Crippen LogP contribution in [0.25, 0.3) is 20.8 Å². The molecule has 0 radical (unpaired) electrons. The van der Waals surface area contributed by atoms with Gasteiger partial charge in [-0.3, -0.25) is 19.7 Å². The van der Waals surface area contributed by atoms with Gasteiger partial charge in [0.15, 0.2) is 6.04 Å². The number of hydrogen-bond donors (Lipinski definition) is 1. The quantitative estimate of drug-likeness (QED) is 0.243. The minimum atomic E-state index is -0.407. The van der Waals surface area contributed by atoms with E-state index in [2.05, 4.69) is 17.9 Å². The highest BCUT2D eigenvalue weighted by molar-refractivity contribution is 7.21. The van der Waals surface area contributed by atoms with Crippen LogP contribution in [0.2, 0.25) is 0 Å². The van der Waals surface area contributed by atoms with Gasteiger partial charge in [0.05, 0.1) is 53.4 Å². The lowest BCUT2D eigenvalue weighted by atomic mass is 10.1. The van der Waals surface area contributed by atoms with Gasteiger partial charge in [0.2, 0.25) is 5.91 Å². The van der Waals surface area contributed by atoms with Crippen molar-refractivity contribution < 1.29 is 19.4 Å². The van der Waals surface area contributed by atoms with Crippen molar-refractivity contribution >= 4 is 50.4 Å². The third-order valence-corrected chi connectivity index (χ3v) is 8.45. The molecule has 0 spiro atoms. The molecule has 0 aliphatic carbocycles. The predicted octanol–water partition coefficient (Wildman–Crippen LogP) is 3.22. The van der Waals surface area contributed by atoms with Crippen molar-refractivity contribution in [2.24, 2.45) is 0 Å². The first-order valence-corrected chi connectivity index (χ1v) is 13.4. The number of imide groups is 1. The number of nitrogens with zero attached hydrogens (tertiary/aromatic N) is 4. The molecule has 1 aromatic heterocycles. The summed E-state index contributed by atoms with van der Waals surface area (Å²) in [6.45, 7) is 4.91. The van der Waals surface area contributed by atoms with Gasteiger partial charge in [-0.15, -0.1) is 11.3 Å². The molecule has 38 heavy (non-hydrogen) atoms. The van der Waals surface area contributed by atoms with E-state index in [0.717, 1.165) is 31.4 Å². The van der Waals surface area contributed by atoms with Crippen molar-refractivity contribution in [3.05, 3.63) is 82.4 Å². The zero-order valence-electron chi connectivity index (χ0n) is 20.8. The monoisotopic (exact) mass is 528 g/mol. The molecular weight excluding hydrogens is 502 g/mol. The molecule has 2 fully saturated rings. The van der Waals surface area contributed by atoms with Crippen LogP contribution < -0.4 is 14.7 Å². The number of fused-ring (bicyclic) bond motifs is 1. The van der Waals surface area contributed by atoms with Gasteiger partial charge in [0.25, 0.3) is 11.6 Å². The number of non-ortho nitro benzene ring substituents is 1. The van der Waals surface area contributed by atoms with Crippen LogP contribution in [0.15, 0.2) is 66.7 Å². The number of piperazine rings is 1. The van der Waals surface area contributed by atoms with E-state index in [1.165, 1.54) is 22.6 Å². The van der Waals surface area contributed by atoms with Gasteiger partial charge < -0.3 is 9.80 Å². The molecule has 2 amide bonds. The zero-order valence-corrected chi connectivity index (χ0v) is 21.6. The first-order valence-electron chi connectivity index (χ1n) is 12.6. The zero-order chi connectivity index (χ0) is 26.4. The fourth-order valence-electron chi connectivity index (χ4n) is 5.32. The van der Waals surface area contributed by atoms with Crippen LogP contribution >= 0.6 is 11.3 Å². The summed E-state index contributed by atoms with van der Waals surface area (Å²) in [7, 11) is 0. The Balaban J connectivity index is 1.12. The van der Waals surface area contributed by atoms with E-state index < -0.39 is 11.0 Å². The number of nitro benzene ring substituents is 1. The number of carbonyl (C=O) groups excluding carboxylic acids is 2. The van der Waals surface area contributed by atoms with E-state index in [1.54, 1.807) is 23.5 Å². The van der Waals surface area contributed by atoms with E-state index in [0.29, 0.717) is 31.9 Å². The molecule has 3 heterocycles. The topological polar surface area (TPSA) is 101 Å². The lowest BCUT2D eigenvalue weighted by Crippen LogP contribution is -3.19. The first-order chi connectivity index (χ1) is 18.4. The number of benzene rings is 3. The number of quaternary nitrogens is 1. The summed E-state index contributed by atoms with van der Waals surface area (Å²) in [6, 6.07) is 19.8. The Labute approximate surface area is 223 Å². The van der Waals surface area contributed by atoms with Crippen molar-refractivity contribution in [1.82, 2.24) is 4.98 Å². The number of nitro groups is 1. The molecule has 2 saturated heterocycles. The average Bonchev–Trinajstić information content (AvgIpc) is 3.48. The summed E-state index contributed by atoms with van der Waals surface area (Å²) < 4.78 is 1.13. The Morgan fingerprint density at radius 3 is 2.34 bits per heavy atom. The molecule has 4 aromatic rings. The summed E-state index contributed by atoms with van der Waals surface area (Å²) in [4.78, 5) is 46.1. The van der Waals surface area contributed by atoms with Crippen molar-refractivity contribution in [3.8, 4) is 10.6 Å². The first kappa shape index (κ1) is 24.2. The van der Waals surface area contributed by atoms with Crippen LogP contribution in [0, 0.1) is 17.0 Å². The molecule has 10 heteroatoms. The average molecular weight is 529 g/mol. The lowest BCUT2D eigenvalue weighted by molar-refractivity contribution is -0.915.